The number of H-pyrrole nitrogens is 1. The molecule has 4 aromatic rings. The lowest BCUT2D eigenvalue weighted by atomic mass is 10.0. The number of benzene rings is 3. The Labute approximate surface area is 252 Å². The first kappa shape index (κ1) is 30.7. The van der Waals surface area contributed by atoms with Gasteiger partial charge in [-0.2, -0.15) is 0 Å². The highest BCUT2D eigenvalue weighted by Crippen LogP contribution is 2.29. The third kappa shape index (κ3) is 7.43. The summed E-state index contributed by atoms with van der Waals surface area (Å²) in [6.07, 6.45) is 0. The van der Waals surface area contributed by atoms with Gasteiger partial charge in [-0.25, -0.2) is 18.6 Å². The number of amides is 1. The second-order valence-electron chi connectivity index (χ2n) is 11.1. The number of hydrogen-bond donors (Lipinski definition) is 4. The Morgan fingerprint density at radius 2 is 1.63 bits per heavy atom. The van der Waals surface area contributed by atoms with E-state index in [9.17, 15) is 18.4 Å². The molecule has 11 heteroatoms. The number of nitrogens with one attached hydrogen (secondary N) is 3. The quantitative estimate of drug-likeness (QED) is 0.143. The Morgan fingerprint density at radius 1 is 0.953 bits per heavy atom. The molecule has 1 atom stereocenters. The highest BCUT2D eigenvalue weighted by atomic mass is 32.2. The molecule has 10 nitrogen and oxygen atoms in total. The van der Waals surface area contributed by atoms with E-state index in [2.05, 4.69) is 46.7 Å². The summed E-state index contributed by atoms with van der Waals surface area (Å²) >= 11 is 0. The molecule has 0 aliphatic carbocycles. The summed E-state index contributed by atoms with van der Waals surface area (Å²) in [5.74, 6) is 0.186. The molecule has 228 valence electrons. The minimum Gasteiger partial charge on any atom is -0.489 e. The first-order valence-corrected chi connectivity index (χ1v) is 16.0. The van der Waals surface area contributed by atoms with Gasteiger partial charge in [-0.1, -0.05) is 62.4 Å². The maximum Gasteiger partial charge on any atom is 0.262 e. The van der Waals surface area contributed by atoms with Crippen LogP contribution >= 0.6 is 0 Å². The van der Waals surface area contributed by atoms with Crippen molar-refractivity contribution >= 4 is 26.8 Å². The number of nitrogens with zero attached hydrogens (tertiary/aromatic N) is 2. The van der Waals surface area contributed by atoms with Crippen LogP contribution in [0.5, 0.6) is 5.75 Å². The fourth-order valence-corrected chi connectivity index (χ4v) is 6.59. The molecular weight excluding hydrogens is 566 g/mol. The molecule has 1 aliphatic heterocycles. The van der Waals surface area contributed by atoms with Gasteiger partial charge >= 0.3 is 0 Å². The van der Waals surface area contributed by atoms with Gasteiger partial charge in [0, 0.05) is 61.4 Å². The topological polar surface area (TPSA) is 127 Å². The minimum atomic E-state index is -3.92. The van der Waals surface area contributed by atoms with Crippen molar-refractivity contribution in [2.75, 3.05) is 32.7 Å². The van der Waals surface area contributed by atoms with E-state index in [0.717, 1.165) is 41.8 Å². The highest BCUT2D eigenvalue weighted by molar-refractivity contribution is 7.89. The molecule has 0 bridgehead atoms. The predicted molar refractivity (Wildman–Crippen MR) is 165 cm³/mol. The van der Waals surface area contributed by atoms with E-state index in [-0.39, 0.29) is 11.4 Å². The van der Waals surface area contributed by atoms with Crippen molar-refractivity contribution < 1.29 is 23.2 Å². The van der Waals surface area contributed by atoms with Crippen LogP contribution in [0.3, 0.4) is 0 Å². The Hall–Kier alpha value is -3.74. The summed E-state index contributed by atoms with van der Waals surface area (Å²) < 4.78 is 34.9. The second kappa shape index (κ2) is 13.7. The molecular formula is C32H39N5O5S. The third-order valence-corrected chi connectivity index (χ3v) is 9.36. The number of carbonyl (C=O) groups excluding carboxylic acids is 1. The van der Waals surface area contributed by atoms with Crippen LogP contribution in [-0.2, 0) is 28.0 Å². The minimum absolute atomic E-state index is 0.0608. The zero-order valence-corrected chi connectivity index (χ0v) is 25.3. The smallest absolute Gasteiger partial charge is 0.262 e. The van der Waals surface area contributed by atoms with Crippen molar-refractivity contribution in [3.8, 4) is 5.75 Å². The van der Waals surface area contributed by atoms with Crippen molar-refractivity contribution in [3.63, 3.8) is 0 Å². The second-order valence-corrected chi connectivity index (χ2v) is 12.9. The fourth-order valence-electron chi connectivity index (χ4n) is 5.55. The fraction of sp³-hybridized carbons (Fsp3) is 0.344. The molecule has 1 aromatic heterocycles. The summed E-state index contributed by atoms with van der Waals surface area (Å²) in [6.45, 7) is 7.79. The van der Waals surface area contributed by atoms with E-state index in [1.54, 1.807) is 17.6 Å². The van der Waals surface area contributed by atoms with Crippen LogP contribution in [0, 0.1) is 0 Å². The molecule has 1 amide bonds. The number of piperazine rings is 1. The normalized spacial score (nSPS) is 15.5. The van der Waals surface area contributed by atoms with E-state index in [1.807, 2.05) is 41.3 Å². The number of ether oxygens (including phenoxy) is 1. The van der Waals surface area contributed by atoms with E-state index >= 15 is 0 Å². The Balaban J connectivity index is 1.18. The van der Waals surface area contributed by atoms with Gasteiger partial charge in [0.25, 0.3) is 5.91 Å². The third-order valence-electron chi connectivity index (χ3n) is 7.92. The summed E-state index contributed by atoms with van der Waals surface area (Å²) in [5, 5.41) is 10.5. The van der Waals surface area contributed by atoms with E-state index in [1.165, 1.54) is 17.7 Å². The van der Waals surface area contributed by atoms with Crippen molar-refractivity contribution in [2.45, 2.75) is 43.9 Å². The predicted octanol–water partition coefficient (Wildman–Crippen LogP) is 3.84. The van der Waals surface area contributed by atoms with Crippen LogP contribution in [0.25, 0.3) is 10.9 Å². The van der Waals surface area contributed by atoms with Gasteiger partial charge in [0.1, 0.15) is 18.4 Å². The highest BCUT2D eigenvalue weighted by Gasteiger charge is 2.30. The average molecular weight is 606 g/mol. The average Bonchev–Trinajstić information content (AvgIpc) is 3.40. The Bertz CT molecular complexity index is 1620. The molecule has 4 N–H and O–H groups in total. The van der Waals surface area contributed by atoms with Crippen molar-refractivity contribution in [1.29, 1.82) is 0 Å². The molecule has 1 aliphatic rings. The number of sulfonamides is 1. The Morgan fingerprint density at radius 3 is 2.30 bits per heavy atom. The van der Waals surface area contributed by atoms with Crippen LogP contribution in [0.4, 0.5) is 0 Å². The first-order chi connectivity index (χ1) is 20.7. The lowest BCUT2D eigenvalue weighted by Crippen LogP contribution is -2.57. The zero-order chi connectivity index (χ0) is 30.4. The van der Waals surface area contributed by atoms with Crippen molar-refractivity contribution in [2.24, 2.45) is 0 Å². The maximum absolute atomic E-state index is 13.1. The van der Waals surface area contributed by atoms with Gasteiger partial charge in [0.2, 0.25) is 10.0 Å². The maximum atomic E-state index is 13.1. The number of fused-ring (bicyclic) bond motifs is 1. The van der Waals surface area contributed by atoms with Gasteiger partial charge < -0.3 is 9.72 Å². The van der Waals surface area contributed by atoms with Crippen molar-refractivity contribution in [1.82, 2.24) is 25.0 Å². The van der Waals surface area contributed by atoms with Crippen LogP contribution in [-0.4, -0.2) is 73.1 Å². The Kier molecular flexibility index (Phi) is 9.79. The van der Waals surface area contributed by atoms with E-state index in [4.69, 9.17) is 4.74 Å². The summed E-state index contributed by atoms with van der Waals surface area (Å²) in [4.78, 5) is 20.3. The molecule has 1 unspecified atom stereocenters. The first-order valence-electron chi connectivity index (χ1n) is 14.5. The molecule has 5 rings (SSSR count). The molecule has 1 fully saturated rings. The van der Waals surface area contributed by atoms with E-state index < -0.39 is 22.0 Å². The monoisotopic (exact) mass is 605 g/mol. The van der Waals surface area contributed by atoms with Crippen LogP contribution in [0.2, 0.25) is 0 Å². The molecule has 0 radical (unpaired) electrons. The standard InChI is InChI=1S/C32H39N5O5S/c1-23(2)31-28(27-10-6-7-11-29(27)34-31)22-42-25-12-14-26(15-13-25)43(40,41)33-20-30(32(38)35-39)37-18-16-36(17-19-37)21-24-8-4-3-5-9-24/h3-15,23,30,33-34,39H,16-22H2,1-2H3,(H,35,38). The van der Waals surface area contributed by atoms with E-state index in [0.29, 0.717) is 31.4 Å². The number of aromatic amines is 1. The summed E-state index contributed by atoms with van der Waals surface area (Å²) in [6, 6.07) is 23.6. The number of carbonyl (C=O) groups is 1. The number of aromatic nitrogens is 1. The van der Waals surface area contributed by atoms with Gasteiger partial charge in [0.05, 0.1) is 4.90 Å². The van der Waals surface area contributed by atoms with Crippen LogP contribution < -0.4 is 14.9 Å². The summed E-state index contributed by atoms with van der Waals surface area (Å²) in [5.41, 5.74) is 6.16. The molecule has 3 aromatic carbocycles. The van der Waals surface area contributed by atoms with Crippen LogP contribution in [0.15, 0.2) is 83.8 Å². The zero-order valence-electron chi connectivity index (χ0n) is 24.5. The van der Waals surface area contributed by atoms with Gasteiger partial charge in [0.15, 0.2) is 0 Å². The SMILES string of the molecule is CC(C)c1[nH]c2ccccc2c1COc1ccc(S(=O)(=O)NCC(C(=O)NO)N2CCN(Cc3ccccc3)CC2)cc1. The van der Waals surface area contributed by atoms with Crippen molar-refractivity contribution in [3.05, 3.63) is 95.7 Å². The number of hydrogen-bond acceptors (Lipinski definition) is 7. The van der Waals surface area contributed by atoms with Crippen LogP contribution in [0.1, 0.15) is 36.6 Å². The van der Waals surface area contributed by atoms with Gasteiger partial charge in [-0.15, -0.1) is 0 Å². The largest absolute Gasteiger partial charge is 0.489 e. The molecule has 0 saturated carbocycles. The molecule has 43 heavy (non-hydrogen) atoms. The molecule has 0 spiro atoms. The number of hydroxylamine groups is 1. The lowest BCUT2D eigenvalue weighted by Gasteiger charge is -2.38. The van der Waals surface area contributed by atoms with Gasteiger partial charge in [-0.05, 0) is 41.8 Å². The lowest BCUT2D eigenvalue weighted by molar-refractivity contribution is -0.135. The number of rotatable bonds is 12. The van der Waals surface area contributed by atoms with Gasteiger partial charge in [-0.3, -0.25) is 19.8 Å². The summed E-state index contributed by atoms with van der Waals surface area (Å²) in [7, 11) is -3.92. The number of para-hydroxylation sites is 1. The molecule has 1 saturated heterocycles. The molecule has 2 heterocycles.